The number of halogens is 1. The average Bonchev–Trinajstić information content (AvgIpc) is 3.04. The molecule has 0 unspecified atom stereocenters. The van der Waals surface area contributed by atoms with Crippen molar-refractivity contribution in [3.8, 4) is 11.6 Å². The molecule has 4 nitrogen and oxygen atoms in total. The molecule has 1 saturated carbocycles. The number of aromatic nitrogens is 1. The van der Waals surface area contributed by atoms with Crippen LogP contribution in [-0.2, 0) is 0 Å². The summed E-state index contributed by atoms with van der Waals surface area (Å²) < 4.78 is 19.2. The number of carbonyl (C=O) groups is 1. The molecular formula is C17H16FNO3. The Morgan fingerprint density at radius 3 is 2.50 bits per heavy atom. The van der Waals surface area contributed by atoms with Crippen molar-refractivity contribution < 1.29 is 19.0 Å². The zero-order chi connectivity index (χ0) is 15.5. The SMILES string of the molecule is O=C(O)c1cnc(Oc2ccc(C3CCCC3)cc2)c(F)c1. The number of hydrogen-bond donors (Lipinski definition) is 1. The summed E-state index contributed by atoms with van der Waals surface area (Å²) in [5.74, 6) is -1.15. The Kier molecular flexibility index (Phi) is 4.04. The van der Waals surface area contributed by atoms with Gasteiger partial charge in [-0.15, -0.1) is 0 Å². The smallest absolute Gasteiger partial charge is 0.337 e. The largest absolute Gasteiger partial charge is 0.478 e. The Bertz CT molecular complexity index is 679. The molecule has 0 amide bonds. The van der Waals surface area contributed by atoms with Crippen molar-refractivity contribution in [1.29, 1.82) is 0 Å². The van der Waals surface area contributed by atoms with E-state index in [0.29, 0.717) is 11.7 Å². The fraction of sp³-hybridized carbons (Fsp3) is 0.294. The molecule has 0 aliphatic heterocycles. The molecule has 1 aromatic heterocycles. The van der Waals surface area contributed by atoms with Crippen molar-refractivity contribution in [2.75, 3.05) is 0 Å². The van der Waals surface area contributed by atoms with Gasteiger partial charge < -0.3 is 9.84 Å². The molecule has 0 saturated heterocycles. The van der Waals surface area contributed by atoms with Crippen LogP contribution in [0.4, 0.5) is 4.39 Å². The Hall–Kier alpha value is -2.43. The minimum absolute atomic E-state index is 0.207. The molecule has 0 bridgehead atoms. The first kappa shape index (κ1) is 14.5. The van der Waals surface area contributed by atoms with E-state index in [1.807, 2.05) is 12.1 Å². The topological polar surface area (TPSA) is 59.4 Å². The van der Waals surface area contributed by atoms with Crippen molar-refractivity contribution in [3.63, 3.8) is 0 Å². The van der Waals surface area contributed by atoms with Crippen LogP contribution in [0.15, 0.2) is 36.5 Å². The third-order valence-corrected chi connectivity index (χ3v) is 3.98. The normalized spacial score (nSPS) is 15.0. The van der Waals surface area contributed by atoms with Gasteiger partial charge in [0.2, 0.25) is 0 Å². The maximum absolute atomic E-state index is 13.8. The van der Waals surface area contributed by atoms with Crippen molar-refractivity contribution in [2.24, 2.45) is 0 Å². The molecule has 1 N–H and O–H groups in total. The van der Waals surface area contributed by atoms with Crippen LogP contribution >= 0.6 is 0 Å². The van der Waals surface area contributed by atoms with Gasteiger partial charge in [-0.25, -0.2) is 14.2 Å². The lowest BCUT2D eigenvalue weighted by atomic mass is 9.98. The summed E-state index contributed by atoms with van der Waals surface area (Å²) in [5.41, 5.74) is 1.07. The molecular weight excluding hydrogens is 285 g/mol. The maximum atomic E-state index is 13.8. The van der Waals surface area contributed by atoms with Crippen LogP contribution in [0.1, 0.15) is 47.5 Å². The third kappa shape index (κ3) is 3.08. The first-order chi connectivity index (χ1) is 10.6. The number of benzene rings is 1. The van der Waals surface area contributed by atoms with Crippen molar-refractivity contribution >= 4 is 5.97 Å². The number of hydrogen-bond acceptors (Lipinski definition) is 3. The van der Waals surface area contributed by atoms with E-state index in [2.05, 4.69) is 4.98 Å². The summed E-state index contributed by atoms with van der Waals surface area (Å²) in [5, 5.41) is 8.78. The molecule has 1 fully saturated rings. The molecule has 1 aromatic carbocycles. The summed E-state index contributed by atoms with van der Waals surface area (Å²) in [6.45, 7) is 0. The van der Waals surface area contributed by atoms with E-state index in [-0.39, 0.29) is 11.4 Å². The predicted molar refractivity (Wildman–Crippen MR) is 78.9 cm³/mol. The molecule has 1 aliphatic carbocycles. The van der Waals surface area contributed by atoms with Gasteiger partial charge in [-0.1, -0.05) is 25.0 Å². The molecule has 114 valence electrons. The number of carboxylic acids is 1. The lowest BCUT2D eigenvalue weighted by molar-refractivity contribution is 0.0695. The summed E-state index contributed by atoms with van der Waals surface area (Å²) in [4.78, 5) is 14.5. The summed E-state index contributed by atoms with van der Waals surface area (Å²) in [7, 11) is 0. The first-order valence-corrected chi connectivity index (χ1v) is 7.30. The molecule has 22 heavy (non-hydrogen) atoms. The maximum Gasteiger partial charge on any atom is 0.337 e. The standard InChI is InChI=1S/C17H16FNO3/c18-15-9-13(17(20)21)10-19-16(15)22-14-7-5-12(6-8-14)11-3-1-2-4-11/h5-11H,1-4H2,(H,20,21). The fourth-order valence-electron chi connectivity index (χ4n) is 2.80. The van der Waals surface area contributed by atoms with Gasteiger partial charge in [-0.2, -0.15) is 0 Å². The minimum Gasteiger partial charge on any atom is -0.478 e. The van der Waals surface area contributed by atoms with E-state index >= 15 is 0 Å². The minimum atomic E-state index is -1.22. The number of rotatable bonds is 4. The van der Waals surface area contributed by atoms with Crippen molar-refractivity contribution in [2.45, 2.75) is 31.6 Å². The summed E-state index contributed by atoms with van der Waals surface area (Å²) >= 11 is 0. The highest BCUT2D eigenvalue weighted by molar-refractivity contribution is 5.87. The number of pyridine rings is 1. The van der Waals surface area contributed by atoms with E-state index in [1.165, 1.54) is 31.2 Å². The Morgan fingerprint density at radius 1 is 1.23 bits per heavy atom. The van der Waals surface area contributed by atoms with E-state index in [0.717, 1.165) is 12.3 Å². The third-order valence-electron chi connectivity index (χ3n) is 3.98. The van der Waals surface area contributed by atoms with Crippen LogP contribution in [0.2, 0.25) is 0 Å². The molecule has 1 heterocycles. The second kappa shape index (κ2) is 6.13. The summed E-state index contributed by atoms with van der Waals surface area (Å²) in [6.07, 6.45) is 6.05. The van der Waals surface area contributed by atoms with Crippen LogP contribution in [0.3, 0.4) is 0 Å². The average molecular weight is 301 g/mol. The second-order valence-electron chi connectivity index (χ2n) is 5.47. The van der Waals surface area contributed by atoms with Crippen LogP contribution in [0.5, 0.6) is 11.6 Å². The Morgan fingerprint density at radius 2 is 1.91 bits per heavy atom. The molecule has 5 heteroatoms. The van der Waals surface area contributed by atoms with Gasteiger partial charge in [-0.3, -0.25) is 0 Å². The first-order valence-electron chi connectivity index (χ1n) is 7.30. The lowest BCUT2D eigenvalue weighted by Gasteiger charge is -2.11. The highest BCUT2D eigenvalue weighted by atomic mass is 19.1. The van der Waals surface area contributed by atoms with Gasteiger partial charge in [-0.05, 0) is 42.5 Å². The number of nitrogens with zero attached hydrogens (tertiary/aromatic N) is 1. The molecule has 3 rings (SSSR count). The van der Waals surface area contributed by atoms with E-state index in [1.54, 1.807) is 12.1 Å². The lowest BCUT2D eigenvalue weighted by Crippen LogP contribution is -2.00. The van der Waals surface area contributed by atoms with Gasteiger partial charge in [0, 0.05) is 6.20 Å². The number of carboxylic acid groups (broad SMARTS) is 1. The predicted octanol–water partition coefficient (Wildman–Crippen LogP) is 4.37. The Labute approximate surface area is 127 Å². The summed E-state index contributed by atoms with van der Waals surface area (Å²) in [6, 6.07) is 8.47. The molecule has 0 atom stereocenters. The fourth-order valence-corrected chi connectivity index (χ4v) is 2.80. The highest BCUT2D eigenvalue weighted by Gasteiger charge is 2.17. The van der Waals surface area contributed by atoms with Crippen LogP contribution < -0.4 is 4.74 Å². The van der Waals surface area contributed by atoms with Gasteiger partial charge in [0.15, 0.2) is 5.82 Å². The van der Waals surface area contributed by atoms with Crippen molar-refractivity contribution in [1.82, 2.24) is 4.98 Å². The monoisotopic (exact) mass is 301 g/mol. The Balaban J connectivity index is 1.74. The van der Waals surface area contributed by atoms with Gasteiger partial charge >= 0.3 is 5.97 Å². The zero-order valence-electron chi connectivity index (χ0n) is 12.0. The van der Waals surface area contributed by atoms with Crippen LogP contribution in [-0.4, -0.2) is 16.1 Å². The molecule has 2 aromatic rings. The van der Waals surface area contributed by atoms with E-state index in [9.17, 15) is 9.18 Å². The van der Waals surface area contributed by atoms with Crippen LogP contribution in [0, 0.1) is 5.82 Å². The second-order valence-corrected chi connectivity index (χ2v) is 5.47. The molecule has 1 aliphatic rings. The quantitative estimate of drug-likeness (QED) is 0.911. The molecule has 0 radical (unpaired) electrons. The highest BCUT2D eigenvalue weighted by Crippen LogP contribution is 2.35. The zero-order valence-corrected chi connectivity index (χ0v) is 12.0. The van der Waals surface area contributed by atoms with E-state index in [4.69, 9.17) is 9.84 Å². The van der Waals surface area contributed by atoms with Crippen LogP contribution in [0.25, 0.3) is 0 Å². The van der Waals surface area contributed by atoms with E-state index < -0.39 is 11.8 Å². The van der Waals surface area contributed by atoms with Gasteiger partial charge in [0.1, 0.15) is 5.75 Å². The number of ether oxygens (including phenoxy) is 1. The van der Waals surface area contributed by atoms with Gasteiger partial charge in [0.05, 0.1) is 5.56 Å². The van der Waals surface area contributed by atoms with Crippen molar-refractivity contribution in [3.05, 3.63) is 53.5 Å². The van der Waals surface area contributed by atoms with Gasteiger partial charge in [0.25, 0.3) is 5.88 Å². The molecule has 0 spiro atoms. The number of aromatic carboxylic acids is 1.